The predicted octanol–water partition coefficient (Wildman–Crippen LogP) is 4.58. The van der Waals surface area contributed by atoms with Crippen molar-refractivity contribution in [1.29, 1.82) is 0 Å². The van der Waals surface area contributed by atoms with E-state index >= 15 is 0 Å². The summed E-state index contributed by atoms with van der Waals surface area (Å²) in [7, 11) is 0. The molecule has 0 unspecified atom stereocenters. The molecule has 0 atom stereocenters. The molecule has 132 valence electrons. The van der Waals surface area contributed by atoms with Gasteiger partial charge in [0.25, 0.3) is 0 Å². The van der Waals surface area contributed by atoms with E-state index in [0.29, 0.717) is 27.2 Å². The van der Waals surface area contributed by atoms with Gasteiger partial charge in [-0.3, -0.25) is 10.1 Å². The molecule has 8 heteroatoms. The molecule has 2 N–H and O–H groups in total. The number of hydrogen-bond acceptors (Lipinski definition) is 4. The maximum atomic E-state index is 11.7. The number of ether oxygens (including phenoxy) is 2. The fraction of sp³-hybridized carbons (Fsp3) is 0.176. The first kappa shape index (κ1) is 18.9. The highest BCUT2D eigenvalue weighted by molar-refractivity contribution is 6.39. The summed E-state index contributed by atoms with van der Waals surface area (Å²) in [6.45, 7) is 1.65. The van der Waals surface area contributed by atoms with Gasteiger partial charge in [-0.25, -0.2) is 4.79 Å². The van der Waals surface area contributed by atoms with Gasteiger partial charge in [-0.05, 0) is 36.4 Å². The molecule has 0 saturated heterocycles. The topological polar surface area (TPSA) is 76.7 Å². The Labute approximate surface area is 155 Å². The van der Waals surface area contributed by atoms with Gasteiger partial charge in [-0.15, -0.1) is 0 Å². The van der Waals surface area contributed by atoms with Crippen molar-refractivity contribution >= 4 is 46.6 Å². The van der Waals surface area contributed by atoms with E-state index < -0.39 is 6.09 Å². The van der Waals surface area contributed by atoms with Crippen LogP contribution in [0.25, 0.3) is 0 Å². The quantitative estimate of drug-likeness (QED) is 0.716. The summed E-state index contributed by atoms with van der Waals surface area (Å²) in [5.74, 6) is 0.443. The van der Waals surface area contributed by atoms with Gasteiger partial charge in [0.2, 0.25) is 5.91 Å². The Morgan fingerprint density at radius 1 is 0.960 bits per heavy atom. The number of carbonyl (C=O) groups excluding carboxylic acids is 2. The molecule has 0 fully saturated rings. The molecule has 0 aliphatic heterocycles. The van der Waals surface area contributed by atoms with Gasteiger partial charge in [0.05, 0.1) is 15.7 Å². The molecule has 0 bridgehead atoms. The van der Waals surface area contributed by atoms with Gasteiger partial charge in [0.1, 0.15) is 19.0 Å². The first-order valence-electron chi connectivity index (χ1n) is 7.34. The smallest absolute Gasteiger partial charge is 0.411 e. The number of rotatable bonds is 6. The number of carbonyl (C=O) groups is 2. The Hall–Kier alpha value is -2.44. The Bertz CT molecular complexity index is 731. The number of benzene rings is 2. The number of anilines is 2. The molecule has 6 nitrogen and oxygen atoms in total. The van der Waals surface area contributed by atoms with Crippen molar-refractivity contribution in [3.05, 3.63) is 52.5 Å². The molecule has 25 heavy (non-hydrogen) atoms. The summed E-state index contributed by atoms with van der Waals surface area (Å²) in [5, 5.41) is 5.77. The zero-order chi connectivity index (χ0) is 18.2. The highest BCUT2D eigenvalue weighted by Crippen LogP contribution is 2.29. The van der Waals surface area contributed by atoms with Crippen LogP contribution in [-0.4, -0.2) is 25.2 Å². The summed E-state index contributed by atoms with van der Waals surface area (Å²) >= 11 is 11.9. The predicted molar refractivity (Wildman–Crippen MR) is 97.7 cm³/mol. The normalized spacial score (nSPS) is 10.0. The third-order valence-electron chi connectivity index (χ3n) is 2.95. The van der Waals surface area contributed by atoms with Crippen molar-refractivity contribution in [2.45, 2.75) is 6.92 Å². The lowest BCUT2D eigenvalue weighted by Gasteiger charge is -2.11. The van der Waals surface area contributed by atoms with Crippen molar-refractivity contribution in [1.82, 2.24) is 0 Å². The van der Waals surface area contributed by atoms with E-state index in [1.165, 1.54) is 6.92 Å². The minimum absolute atomic E-state index is 0.0430. The van der Waals surface area contributed by atoms with E-state index in [1.54, 1.807) is 42.5 Å². The van der Waals surface area contributed by atoms with Crippen molar-refractivity contribution in [3.63, 3.8) is 0 Å². The second-order valence-corrected chi connectivity index (χ2v) is 5.73. The van der Waals surface area contributed by atoms with Crippen LogP contribution in [0.1, 0.15) is 6.92 Å². The highest BCUT2D eigenvalue weighted by atomic mass is 35.5. The average molecular weight is 383 g/mol. The first-order valence-corrected chi connectivity index (χ1v) is 8.09. The molecule has 0 radical (unpaired) electrons. The number of halogens is 2. The largest absolute Gasteiger partial charge is 0.490 e. The van der Waals surface area contributed by atoms with E-state index in [2.05, 4.69) is 10.6 Å². The van der Waals surface area contributed by atoms with Crippen LogP contribution < -0.4 is 15.4 Å². The Kier molecular flexibility index (Phi) is 6.91. The fourth-order valence-electron chi connectivity index (χ4n) is 1.89. The number of para-hydroxylation sites is 1. The van der Waals surface area contributed by atoms with Gasteiger partial charge < -0.3 is 14.8 Å². The zero-order valence-corrected chi connectivity index (χ0v) is 14.9. The Morgan fingerprint density at radius 3 is 2.20 bits per heavy atom. The maximum Gasteiger partial charge on any atom is 0.411 e. The van der Waals surface area contributed by atoms with Crippen molar-refractivity contribution in [2.75, 3.05) is 23.8 Å². The van der Waals surface area contributed by atoms with Gasteiger partial charge in [0.15, 0.2) is 0 Å². The standard InChI is InChI=1S/C17H16Cl2N2O4/c1-11(22)20-12-5-7-13(8-6-12)24-9-10-25-17(23)21-16-14(18)3-2-4-15(16)19/h2-8H,9-10H2,1H3,(H,20,22)(H,21,23). The maximum absolute atomic E-state index is 11.7. The molecule has 0 aromatic heterocycles. The first-order chi connectivity index (χ1) is 12.0. The van der Waals surface area contributed by atoms with Gasteiger partial charge in [-0.2, -0.15) is 0 Å². The SMILES string of the molecule is CC(=O)Nc1ccc(OCCOC(=O)Nc2c(Cl)cccc2Cl)cc1. The van der Waals surface area contributed by atoms with Crippen LogP contribution in [-0.2, 0) is 9.53 Å². The molecule has 0 aliphatic carbocycles. The molecular weight excluding hydrogens is 367 g/mol. The van der Waals surface area contributed by atoms with E-state index in [-0.39, 0.29) is 19.1 Å². The lowest BCUT2D eigenvalue weighted by molar-refractivity contribution is -0.114. The molecule has 0 heterocycles. The van der Waals surface area contributed by atoms with Crippen LogP contribution in [0, 0.1) is 0 Å². The number of hydrogen-bond donors (Lipinski definition) is 2. The van der Waals surface area contributed by atoms with Crippen molar-refractivity contribution in [2.24, 2.45) is 0 Å². The lowest BCUT2D eigenvalue weighted by atomic mass is 10.3. The minimum Gasteiger partial charge on any atom is -0.490 e. The number of amides is 2. The lowest BCUT2D eigenvalue weighted by Crippen LogP contribution is -2.18. The Morgan fingerprint density at radius 2 is 1.60 bits per heavy atom. The van der Waals surface area contributed by atoms with Crippen molar-refractivity contribution in [3.8, 4) is 5.75 Å². The van der Waals surface area contributed by atoms with Crippen LogP contribution in [0.4, 0.5) is 16.2 Å². The molecular formula is C17H16Cl2N2O4. The monoisotopic (exact) mass is 382 g/mol. The minimum atomic E-state index is -0.681. The van der Waals surface area contributed by atoms with Gasteiger partial charge in [-0.1, -0.05) is 29.3 Å². The van der Waals surface area contributed by atoms with E-state index in [1.807, 2.05) is 0 Å². The van der Waals surface area contributed by atoms with E-state index in [0.717, 1.165) is 0 Å². The third kappa shape index (κ3) is 6.17. The molecule has 2 aromatic carbocycles. The second-order valence-electron chi connectivity index (χ2n) is 4.91. The Balaban J connectivity index is 1.73. The second kappa shape index (κ2) is 9.15. The van der Waals surface area contributed by atoms with Crippen LogP contribution in [0.3, 0.4) is 0 Å². The van der Waals surface area contributed by atoms with Crippen molar-refractivity contribution < 1.29 is 19.1 Å². The summed E-state index contributed by atoms with van der Waals surface area (Å²) < 4.78 is 10.4. The molecule has 2 amide bonds. The molecule has 0 spiro atoms. The van der Waals surface area contributed by atoms with Gasteiger partial charge >= 0.3 is 6.09 Å². The molecule has 0 aliphatic rings. The molecule has 0 saturated carbocycles. The van der Waals surface area contributed by atoms with Crippen LogP contribution >= 0.6 is 23.2 Å². The summed E-state index contributed by atoms with van der Waals surface area (Å²) in [5.41, 5.74) is 0.970. The zero-order valence-electron chi connectivity index (χ0n) is 13.3. The van der Waals surface area contributed by atoms with Crippen LogP contribution in [0.5, 0.6) is 5.75 Å². The fourth-order valence-corrected chi connectivity index (χ4v) is 2.38. The highest BCUT2D eigenvalue weighted by Gasteiger charge is 2.10. The summed E-state index contributed by atoms with van der Waals surface area (Å²) in [6, 6.07) is 11.7. The molecule has 2 aromatic rings. The number of nitrogens with one attached hydrogen (secondary N) is 2. The molecule has 2 rings (SSSR count). The van der Waals surface area contributed by atoms with E-state index in [4.69, 9.17) is 32.7 Å². The van der Waals surface area contributed by atoms with Gasteiger partial charge in [0, 0.05) is 12.6 Å². The summed E-state index contributed by atoms with van der Waals surface area (Å²) in [6.07, 6.45) is -0.681. The average Bonchev–Trinajstić information content (AvgIpc) is 2.56. The van der Waals surface area contributed by atoms with Crippen LogP contribution in [0.2, 0.25) is 10.0 Å². The van der Waals surface area contributed by atoms with E-state index in [9.17, 15) is 9.59 Å². The van der Waals surface area contributed by atoms with Crippen LogP contribution in [0.15, 0.2) is 42.5 Å². The summed E-state index contributed by atoms with van der Waals surface area (Å²) in [4.78, 5) is 22.7. The third-order valence-corrected chi connectivity index (χ3v) is 3.58.